The summed E-state index contributed by atoms with van der Waals surface area (Å²) in [5, 5.41) is 0. The number of primary amides is 1. The Labute approximate surface area is 119 Å². The minimum Gasteiger partial charge on any atom is -0.368 e. The highest BCUT2D eigenvalue weighted by atomic mass is 79.9. The Morgan fingerprint density at radius 1 is 1.26 bits per heavy atom. The number of benzene rings is 1. The van der Waals surface area contributed by atoms with E-state index in [4.69, 9.17) is 11.5 Å². The number of hydrogen-bond acceptors (Lipinski definition) is 4. The van der Waals surface area contributed by atoms with E-state index in [1.807, 2.05) is 24.3 Å². The number of nitrogen functional groups attached to an aromatic ring is 1. The van der Waals surface area contributed by atoms with Crippen LogP contribution in [0.1, 0.15) is 21.6 Å². The largest absolute Gasteiger partial charge is 0.368 e. The molecule has 1 aromatic carbocycles. The molecule has 2 aromatic rings. The van der Waals surface area contributed by atoms with Gasteiger partial charge >= 0.3 is 0 Å². The van der Waals surface area contributed by atoms with Crippen molar-refractivity contribution in [2.75, 3.05) is 5.73 Å². The highest BCUT2D eigenvalue weighted by Gasteiger charge is 2.11. The SMILES string of the molecule is NC(=O)c1cnc(N)nc1CCc1ccccc1Br. The molecule has 0 saturated carbocycles. The molecule has 0 bridgehead atoms. The van der Waals surface area contributed by atoms with Crippen LogP contribution in [0.25, 0.3) is 0 Å². The van der Waals surface area contributed by atoms with Crippen LogP contribution in [0.4, 0.5) is 5.95 Å². The molecule has 98 valence electrons. The molecule has 0 saturated heterocycles. The third-order valence-corrected chi connectivity index (χ3v) is 3.51. The zero-order valence-corrected chi connectivity index (χ0v) is 11.7. The second-order valence-corrected chi connectivity index (χ2v) is 4.90. The van der Waals surface area contributed by atoms with E-state index in [1.54, 1.807) is 0 Å². The predicted molar refractivity (Wildman–Crippen MR) is 76.5 cm³/mol. The van der Waals surface area contributed by atoms with Crippen molar-refractivity contribution in [3.63, 3.8) is 0 Å². The number of nitrogens with zero attached hydrogens (tertiary/aromatic N) is 2. The first kappa shape index (κ1) is 13.5. The van der Waals surface area contributed by atoms with Gasteiger partial charge in [0.25, 0.3) is 5.91 Å². The van der Waals surface area contributed by atoms with E-state index < -0.39 is 5.91 Å². The summed E-state index contributed by atoms with van der Waals surface area (Å²) in [4.78, 5) is 19.2. The van der Waals surface area contributed by atoms with Crippen molar-refractivity contribution in [3.05, 3.63) is 51.8 Å². The summed E-state index contributed by atoms with van der Waals surface area (Å²) in [5.41, 5.74) is 12.9. The van der Waals surface area contributed by atoms with E-state index in [0.29, 0.717) is 17.7 Å². The van der Waals surface area contributed by atoms with Crippen LogP contribution in [0.5, 0.6) is 0 Å². The topological polar surface area (TPSA) is 94.9 Å². The highest BCUT2D eigenvalue weighted by Crippen LogP contribution is 2.18. The molecule has 0 unspecified atom stereocenters. The molecular formula is C13H13BrN4O. The Kier molecular flexibility index (Phi) is 4.11. The Morgan fingerprint density at radius 3 is 2.68 bits per heavy atom. The summed E-state index contributed by atoms with van der Waals surface area (Å²) < 4.78 is 1.03. The maximum atomic E-state index is 11.3. The molecule has 5 nitrogen and oxygen atoms in total. The minimum atomic E-state index is -0.540. The van der Waals surface area contributed by atoms with Gasteiger partial charge in [-0.15, -0.1) is 0 Å². The fraction of sp³-hybridized carbons (Fsp3) is 0.154. The number of hydrogen-bond donors (Lipinski definition) is 2. The van der Waals surface area contributed by atoms with E-state index >= 15 is 0 Å². The molecule has 0 aliphatic carbocycles. The van der Waals surface area contributed by atoms with Crippen LogP contribution in [0.2, 0.25) is 0 Å². The number of aromatic nitrogens is 2. The van der Waals surface area contributed by atoms with Crippen molar-refractivity contribution >= 4 is 27.8 Å². The molecule has 1 heterocycles. The van der Waals surface area contributed by atoms with Gasteiger partial charge in [0, 0.05) is 10.7 Å². The van der Waals surface area contributed by atoms with E-state index in [1.165, 1.54) is 6.20 Å². The number of nitrogens with two attached hydrogens (primary N) is 2. The van der Waals surface area contributed by atoms with Crippen LogP contribution in [0.3, 0.4) is 0 Å². The quantitative estimate of drug-likeness (QED) is 0.896. The summed E-state index contributed by atoms with van der Waals surface area (Å²) in [6.45, 7) is 0. The van der Waals surface area contributed by atoms with Crippen LogP contribution < -0.4 is 11.5 Å². The summed E-state index contributed by atoms with van der Waals surface area (Å²) >= 11 is 3.48. The van der Waals surface area contributed by atoms with Crippen molar-refractivity contribution < 1.29 is 4.79 Å². The summed E-state index contributed by atoms with van der Waals surface area (Å²) in [7, 11) is 0. The van der Waals surface area contributed by atoms with Crippen LogP contribution in [0.15, 0.2) is 34.9 Å². The zero-order valence-electron chi connectivity index (χ0n) is 10.1. The fourth-order valence-corrected chi connectivity index (χ4v) is 2.27. The number of amides is 1. The molecular weight excluding hydrogens is 308 g/mol. The van der Waals surface area contributed by atoms with Crippen LogP contribution in [0, 0.1) is 0 Å². The Morgan fingerprint density at radius 2 is 2.00 bits per heavy atom. The molecule has 0 aliphatic heterocycles. The monoisotopic (exact) mass is 320 g/mol. The molecule has 0 spiro atoms. The first-order chi connectivity index (χ1) is 9.08. The molecule has 0 aliphatic rings. The Hall–Kier alpha value is -1.95. The highest BCUT2D eigenvalue weighted by molar-refractivity contribution is 9.10. The van der Waals surface area contributed by atoms with Gasteiger partial charge in [-0.05, 0) is 24.5 Å². The van der Waals surface area contributed by atoms with E-state index in [-0.39, 0.29) is 5.95 Å². The lowest BCUT2D eigenvalue weighted by Crippen LogP contribution is -2.17. The average molecular weight is 321 g/mol. The van der Waals surface area contributed by atoms with Gasteiger partial charge in [0.2, 0.25) is 5.95 Å². The van der Waals surface area contributed by atoms with Gasteiger partial charge in [-0.3, -0.25) is 4.79 Å². The van der Waals surface area contributed by atoms with Crippen LogP contribution >= 0.6 is 15.9 Å². The van der Waals surface area contributed by atoms with Gasteiger partial charge < -0.3 is 11.5 Å². The van der Waals surface area contributed by atoms with Gasteiger partial charge in [0.05, 0.1) is 11.3 Å². The molecule has 1 aromatic heterocycles. The zero-order chi connectivity index (χ0) is 13.8. The van der Waals surface area contributed by atoms with E-state index in [2.05, 4.69) is 25.9 Å². The van der Waals surface area contributed by atoms with Gasteiger partial charge in [-0.25, -0.2) is 9.97 Å². The van der Waals surface area contributed by atoms with Gasteiger partial charge in [-0.2, -0.15) is 0 Å². The number of anilines is 1. The first-order valence-corrected chi connectivity index (χ1v) is 6.52. The van der Waals surface area contributed by atoms with Crippen LogP contribution in [-0.2, 0) is 12.8 Å². The van der Waals surface area contributed by atoms with Gasteiger partial charge in [0.15, 0.2) is 0 Å². The standard InChI is InChI=1S/C13H13BrN4O/c14-10-4-2-1-3-8(10)5-6-11-9(12(15)19)7-17-13(16)18-11/h1-4,7H,5-6H2,(H2,15,19)(H2,16,17,18). The van der Waals surface area contributed by atoms with Crippen molar-refractivity contribution in [2.24, 2.45) is 5.73 Å². The number of aryl methyl sites for hydroxylation is 2. The van der Waals surface area contributed by atoms with Crippen molar-refractivity contribution in [3.8, 4) is 0 Å². The number of carbonyl (C=O) groups excluding carboxylic acids is 1. The molecule has 2 rings (SSSR count). The third kappa shape index (κ3) is 3.29. The summed E-state index contributed by atoms with van der Waals surface area (Å²) in [6.07, 6.45) is 2.69. The van der Waals surface area contributed by atoms with Crippen LogP contribution in [-0.4, -0.2) is 15.9 Å². The number of rotatable bonds is 4. The lowest BCUT2D eigenvalue weighted by Gasteiger charge is -2.07. The third-order valence-electron chi connectivity index (χ3n) is 2.74. The van der Waals surface area contributed by atoms with Crippen molar-refractivity contribution in [1.29, 1.82) is 0 Å². The van der Waals surface area contributed by atoms with Crippen molar-refractivity contribution in [1.82, 2.24) is 9.97 Å². The second kappa shape index (κ2) is 5.79. The molecule has 0 fully saturated rings. The fourth-order valence-electron chi connectivity index (χ4n) is 1.78. The molecule has 1 amide bonds. The smallest absolute Gasteiger partial charge is 0.252 e. The molecule has 6 heteroatoms. The number of carbonyl (C=O) groups is 1. The second-order valence-electron chi connectivity index (χ2n) is 4.04. The summed E-state index contributed by atoms with van der Waals surface area (Å²) in [6, 6.07) is 7.89. The van der Waals surface area contributed by atoms with E-state index in [0.717, 1.165) is 16.5 Å². The number of halogens is 1. The minimum absolute atomic E-state index is 0.145. The van der Waals surface area contributed by atoms with E-state index in [9.17, 15) is 4.79 Å². The normalized spacial score (nSPS) is 10.4. The maximum absolute atomic E-state index is 11.3. The van der Waals surface area contributed by atoms with Gasteiger partial charge in [-0.1, -0.05) is 34.1 Å². The Bertz CT molecular complexity index is 615. The van der Waals surface area contributed by atoms with Gasteiger partial charge in [0.1, 0.15) is 0 Å². The summed E-state index contributed by atoms with van der Waals surface area (Å²) in [5.74, 6) is -0.394. The molecule has 4 N–H and O–H groups in total. The predicted octanol–water partition coefficient (Wildman–Crippen LogP) is 1.71. The lowest BCUT2D eigenvalue weighted by atomic mass is 10.1. The Balaban J connectivity index is 2.22. The lowest BCUT2D eigenvalue weighted by molar-refractivity contribution is 0.0998. The molecule has 19 heavy (non-hydrogen) atoms. The average Bonchev–Trinajstić information content (AvgIpc) is 2.37. The molecule has 0 radical (unpaired) electrons. The first-order valence-electron chi connectivity index (χ1n) is 5.72. The molecule has 0 atom stereocenters. The van der Waals surface area contributed by atoms with Crippen molar-refractivity contribution in [2.45, 2.75) is 12.8 Å². The maximum Gasteiger partial charge on any atom is 0.252 e.